The van der Waals surface area contributed by atoms with Gasteiger partial charge in [-0.05, 0) is 29.5 Å². The number of hydrogen-bond acceptors (Lipinski definition) is 4. The fraction of sp³-hybridized carbons (Fsp3) is 0. The molecule has 4 nitrogen and oxygen atoms in total. The molecule has 0 saturated carbocycles. The second-order valence-electron chi connectivity index (χ2n) is 3.89. The maximum Gasteiger partial charge on any atom is 0.290 e. The highest BCUT2D eigenvalue weighted by molar-refractivity contribution is 8.18. The van der Waals surface area contributed by atoms with E-state index in [1.54, 1.807) is 12.1 Å². The Balaban J connectivity index is 2.21. The van der Waals surface area contributed by atoms with Gasteiger partial charge in [-0.1, -0.05) is 30.3 Å². The lowest BCUT2D eigenvalue weighted by atomic mass is 10.0. The zero-order valence-corrected chi connectivity index (χ0v) is 10.6. The van der Waals surface area contributed by atoms with Crippen molar-refractivity contribution in [3.63, 3.8) is 0 Å². The van der Waals surface area contributed by atoms with Crippen molar-refractivity contribution in [3.8, 4) is 0 Å². The summed E-state index contributed by atoms with van der Waals surface area (Å²) in [5.41, 5.74) is 1.48. The number of thioether (sulfide) groups is 1. The molecule has 2 aromatic rings. The van der Waals surface area contributed by atoms with Crippen molar-refractivity contribution in [2.45, 2.75) is 0 Å². The third-order valence-electron chi connectivity index (χ3n) is 2.67. The van der Waals surface area contributed by atoms with Gasteiger partial charge in [0.15, 0.2) is 0 Å². The molecule has 1 aromatic heterocycles. The molecule has 0 atom stereocenters. The number of nitrogens with one attached hydrogen (secondary N) is 1. The van der Waals surface area contributed by atoms with Gasteiger partial charge in [0, 0.05) is 5.57 Å². The summed E-state index contributed by atoms with van der Waals surface area (Å²) in [6, 6.07) is 12.9. The van der Waals surface area contributed by atoms with E-state index in [9.17, 15) is 9.59 Å². The van der Waals surface area contributed by atoms with Crippen molar-refractivity contribution < 1.29 is 14.0 Å². The molecule has 1 aliphatic heterocycles. The highest BCUT2D eigenvalue weighted by atomic mass is 32.2. The summed E-state index contributed by atoms with van der Waals surface area (Å²) in [7, 11) is 0. The fourth-order valence-corrected chi connectivity index (χ4v) is 2.68. The average Bonchev–Trinajstić information content (AvgIpc) is 3.03. The van der Waals surface area contributed by atoms with Crippen LogP contribution < -0.4 is 5.32 Å². The van der Waals surface area contributed by atoms with Crippen LogP contribution in [-0.4, -0.2) is 11.1 Å². The number of hydrogen-bond donors (Lipinski definition) is 1. The molecule has 94 valence electrons. The maximum atomic E-state index is 11.8. The van der Waals surface area contributed by atoms with Crippen molar-refractivity contribution in [2.75, 3.05) is 0 Å². The van der Waals surface area contributed by atoms with Gasteiger partial charge in [-0.2, -0.15) is 0 Å². The van der Waals surface area contributed by atoms with E-state index in [2.05, 4.69) is 5.32 Å². The average molecular weight is 271 g/mol. The Morgan fingerprint density at radius 2 is 1.84 bits per heavy atom. The van der Waals surface area contributed by atoms with Gasteiger partial charge >= 0.3 is 0 Å². The molecule has 2 amide bonds. The van der Waals surface area contributed by atoms with Gasteiger partial charge in [-0.15, -0.1) is 0 Å². The normalized spacial score (nSPS) is 17.5. The van der Waals surface area contributed by atoms with Crippen LogP contribution in [0, 0.1) is 0 Å². The smallest absolute Gasteiger partial charge is 0.290 e. The van der Waals surface area contributed by atoms with Crippen molar-refractivity contribution in [1.82, 2.24) is 5.32 Å². The van der Waals surface area contributed by atoms with E-state index in [1.165, 1.54) is 6.26 Å². The largest absolute Gasteiger partial charge is 0.464 e. The highest BCUT2D eigenvalue weighted by Gasteiger charge is 2.30. The molecule has 1 N–H and O–H groups in total. The molecular weight excluding hydrogens is 262 g/mol. The molecular formula is C14H9NO3S. The van der Waals surface area contributed by atoms with Gasteiger partial charge in [-0.3, -0.25) is 14.9 Å². The van der Waals surface area contributed by atoms with Crippen molar-refractivity contribution in [1.29, 1.82) is 0 Å². The molecule has 3 rings (SSSR count). The maximum absolute atomic E-state index is 11.8. The highest BCUT2D eigenvalue weighted by Crippen LogP contribution is 2.36. The van der Waals surface area contributed by atoms with Crippen LogP contribution in [0.15, 0.2) is 58.1 Å². The summed E-state index contributed by atoms with van der Waals surface area (Å²) in [6.45, 7) is 0. The van der Waals surface area contributed by atoms with Crippen LogP contribution in [0.4, 0.5) is 4.79 Å². The minimum Gasteiger partial charge on any atom is -0.464 e. The number of imide groups is 1. The predicted octanol–water partition coefficient (Wildman–Crippen LogP) is 3.02. The van der Waals surface area contributed by atoms with Gasteiger partial charge in [0.2, 0.25) is 0 Å². The third kappa shape index (κ3) is 2.20. The minimum atomic E-state index is -0.384. The Morgan fingerprint density at radius 1 is 1.05 bits per heavy atom. The topological polar surface area (TPSA) is 59.3 Å². The van der Waals surface area contributed by atoms with E-state index >= 15 is 0 Å². The molecule has 2 heterocycles. The van der Waals surface area contributed by atoms with Gasteiger partial charge in [0.05, 0.1) is 11.2 Å². The molecule has 5 heteroatoms. The van der Waals surface area contributed by atoms with E-state index in [0.29, 0.717) is 16.2 Å². The zero-order chi connectivity index (χ0) is 13.2. The summed E-state index contributed by atoms with van der Waals surface area (Å²) < 4.78 is 5.38. The van der Waals surface area contributed by atoms with E-state index in [1.807, 2.05) is 30.3 Å². The third-order valence-corrected chi connectivity index (χ3v) is 3.55. The molecule has 0 spiro atoms. The van der Waals surface area contributed by atoms with E-state index in [0.717, 1.165) is 17.3 Å². The van der Waals surface area contributed by atoms with Crippen LogP contribution >= 0.6 is 11.8 Å². The Kier molecular flexibility index (Phi) is 2.97. The molecule has 0 bridgehead atoms. The zero-order valence-electron chi connectivity index (χ0n) is 9.75. The van der Waals surface area contributed by atoms with Crippen LogP contribution in [0.25, 0.3) is 5.57 Å². The number of benzene rings is 1. The first-order chi connectivity index (χ1) is 9.25. The van der Waals surface area contributed by atoms with Crippen molar-refractivity contribution in [3.05, 3.63) is 65.0 Å². The van der Waals surface area contributed by atoms with Gasteiger partial charge in [0.1, 0.15) is 5.76 Å². The number of rotatable bonds is 2. The standard InChI is InChI=1S/C14H9NO3S/c16-13-12(19-14(17)15-13)11(10-7-4-8-18-10)9-5-2-1-3-6-9/h1-8H,(H,15,16,17). The summed E-state index contributed by atoms with van der Waals surface area (Å²) in [5.74, 6) is 0.184. The number of carbonyl (C=O) groups is 2. The first kappa shape index (κ1) is 11.8. The van der Waals surface area contributed by atoms with Crippen LogP contribution in [0.5, 0.6) is 0 Å². The number of carbonyl (C=O) groups excluding carboxylic acids is 2. The molecule has 1 aliphatic rings. The lowest BCUT2D eigenvalue weighted by Crippen LogP contribution is -2.18. The number of furan rings is 1. The molecule has 0 radical (unpaired) electrons. The van der Waals surface area contributed by atoms with Crippen LogP contribution in [0.2, 0.25) is 0 Å². The van der Waals surface area contributed by atoms with E-state index in [-0.39, 0.29) is 11.1 Å². The molecule has 1 saturated heterocycles. The Hall–Kier alpha value is -2.27. The van der Waals surface area contributed by atoms with Crippen LogP contribution in [0.3, 0.4) is 0 Å². The summed E-state index contributed by atoms with van der Waals surface area (Å²) in [4.78, 5) is 23.5. The van der Waals surface area contributed by atoms with Crippen LogP contribution in [0.1, 0.15) is 11.3 Å². The Bertz CT molecular complexity index is 659. The SMILES string of the molecule is O=C1NC(=O)C(=C(c2ccccc2)c2ccco2)S1. The fourth-order valence-electron chi connectivity index (χ4n) is 1.89. The van der Waals surface area contributed by atoms with Crippen molar-refractivity contribution >= 4 is 28.5 Å². The lowest BCUT2D eigenvalue weighted by Gasteiger charge is -2.06. The van der Waals surface area contributed by atoms with Crippen LogP contribution in [-0.2, 0) is 4.79 Å². The minimum absolute atomic E-state index is 0.361. The summed E-state index contributed by atoms with van der Waals surface area (Å²) in [5, 5.41) is 1.90. The summed E-state index contributed by atoms with van der Waals surface area (Å²) >= 11 is 0.895. The summed E-state index contributed by atoms with van der Waals surface area (Å²) in [6.07, 6.45) is 1.54. The van der Waals surface area contributed by atoms with Gasteiger partial charge in [0.25, 0.3) is 11.1 Å². The lowest BCUT2D eigenvalue weighted by molar-refractivity contribution is -0.115. The van der Waals surface area contributed by atoms with E-state index in [4.69, 9.17) is 4.42 Å². The molecule has 0 unspecified atom stereocenters. The second-order valence-corrected chi connectivity index (χ2v) is 4.87. The Morgan fingerprint density at radius 3 is 2.42 bits per heavy atom. The molecule has 19 heavy (non-hydrogen) atoms. The predicted molar refractivity (Wildman–Crippen MR) is 72.3 cm³/mol. The molecule has 1 aromatic carbocycles. The first-order valence-corrected chi connectivity index (χ1v) is 6.44. The monoisotopic (exact) mass is 271 g/mol. The first-order valence-electron chi connectivity index (χ1n) is 5.62. The number of amides is 2. The van der Waals surface area contributed by atoms with Crippen molar-refractivity contribution in [2.24, 2.45) is 0 Å². The molecule has 0 aliphatic carbocycles. The molecule has 1 fully saturated rings. The quantitative estimate of drug-likeness (QED) is 0.853. The van der Waals surface area contributed by atoms with E-state index < -0.39 is 0 Å². The van der Waals surface area contributed by atoms with Gasteiger partial charge in [-0.25, -0.2) is 0 Å². The Labute approximate surface area is 113 Å². The second kappa shape index (κ2) is 4.78. The van der Waals surface area contributed by atoms with Gasteiger partial charge < -0.3 is 4.42 Å².